The molecule has 0 radical (unpaired) electrons. The number of amides is 1. The second-order valence-electron chi connectivity index (χ2n) is 5.64. The summed E-state index contributed by atoms with van der Waals surface area (Å²) in [6.07, 6.45) is 5.52. The summed E-state index contributed by atoms with van der Waals surface area (Å²) < 4.78 is 0. The molecule has 0 aromatic carbocycles. The van der Waals surface area contributed by atoms with Crippen LogP contribution in [0.1, 0.15) is 39.0 Å². The van der Waals surface area contributed by atoms with E-state index in [1.165, 1.54) is 12.8 Å². The maximum atomic E-state index is 12.1. The number of nitrogens with zero attached hydrogens (tertiary/aromatic N) is 1. The van der Waals surface area contributed by atoms with Crippen LogP contribution in [0, 0.1) is 0 Å². The Bertz CT molecular complexity index is 261. The Morgan fingerprint density at radius 1 is 1.24 bits per heavy atom. The van der Waals surface area contributed by atoms with Gasteiger partial charge >= 0.3 is 0 Å². The molecule has 17 heavy (non-hydrogen) atoms. The molecule has 2 atom stereocenters. The number of carbonyl (C=O) groups excluding carboxylic acids is 1. The average molecular weight is 239 g/mol. The number of hydrogen-bond acceptors (Lipinski definition) is 3. The molecule has 98 valence electrons. The summed E-state index contributed by atoms with van der Waals surface area (Å²) in [5, 5.41) is 6.59. The van der Waals surface area contributed by atoms with Crippen molar-refractivity contribution in [3.05, 3.63) is 0 Å². The first-order valence-electron chi connectivity index (χ1n) is 6.90. The van der Waals surface area contributed by atoms with Crippen LogP contribution in [0.2, 0.25) is 0 Å². The average Bonchev–Trinajstić information content (AvgIpc) is 2.32. The molecule has 2 aliphatic heterocycles. The first-order chi connectivity index (χ1) is 8.15. The van der Waals surface area contributed by atoms with E-state index in [4.69, 9.17) is 0 Å². The maximum absolute atomic E-state index is 12.1. The summed E-state index contributed by atoms with van der Waals surface area (Å²) in [5.41, 5.74) is 0. The van der Waals surface area contributed by atoms with E-state index in [1.54, 1.807) is 0 Å². The monoisotopic (exact) mass is 239 g/mol. The Kier molecular flexibility index (Phi) is 4.40. The molecule has 2 unspecified atom stereocenters. The van der Waals surface area contributed by atoms with E-state index in [2.05, 4.69) is 29.5 Å². The Morgan fingerprint density at radius 3 is 2.59 bits per heavy atom. The van der Waals surface area contributed by atoms with Crippen LogP contribution in [0.4, 0.5) is 0 Å². The molecule has 2 aliphatic rings. The lowest BCUT2D eigenvalue weighted by molar-refractivity contribution is -0.125. The minimum atomic E-state index is 0.0402. The molecule has 0 saturated carbocycles. The molecule has 0 bridgehead atoms. The van der Waals surface area contributed by atoms with Crippen LogP contribution in [-0.2, 0) is 4.79 Å². The molecular formula is C13H25N3O. The molecule has 4 heteroatoms. The van der Waals surface area contributed by atoms with Crippen LogP contribution in [0.25, 0.3) is 0 Å². The van der Waals surface area contributed by atoms with Crippen molar-refractivity contribution in [1.82, 2.24) is 15.5 Å². The fraction of sp³-hybridized carbons (Fsp3) is 0.923. The Hall–Kier alpha value is -0.610. The molecule has 2 N–H and O–H groups in total. The number of nitrogens with one attached hydrogen (secondary N) is 2. The van der Waals surface area contributed by atoms with Gasteiger partial charge in [0, 0.05) is 12.1 Å². The van der Waals surface area contributed by atoms with Crippen molar-refractivity contribution in [2.24, 2.45) is 0 Å². The lowest BCUT2D eigenvalue weighted by atomic mass is 9.98. The van der Waals surface area contributed by atoms with Crippen LogP contribution in [-0.4, -0.2) is 49.1 Å². The van der Waals surface area contributed by atoms with Crippen molar-refractivity contribution < 1.29 is 4.79 Å². The lowest BCUT2D eigenvalue weighted by Crippen LogP contribution is -2.53. The fourth-order valence-electron chi connectivity index (χ4n) is 2.80. The molecule has 2 heterocycles. The third-order valence-corrected chi connectivity index (χ3v) is 4.00. The Labute approximate surface area is 104 Å². The summed E-state index contributed by atoms with van der Waals surface area (Å²) in [4.78, 5) is 14.4. The van der Waals surface area contributed by atoms with Crippen LogP contribution >= 0.6 is 0 Å². The molecule has 2 rings (SSSR count). The van der Waals surface area contributed by atoms with Gasteiger partial charge in [0.15, 0.2) is 0 Å². The van der Waals surface area contributed by atoms with Gasteiger partial charge in [-0.25, -0.2) is 0 Å². The van der Waals surface area contributed by atoms with E-state index in [9.17, 15) is 4.79 Å². The SMILES string of the molecule is CC1CCCC(C(=O)NC2CCN(C)CC2)N1. The minimum Gasteiger partial charge on any atom is -0.352 e. The Balaban J connectivity index is 1.76. The maximum Gasteiger partial charge on any atom is 0.237 e. The van der Waals surface area contributed by atoms with Gasteiger partial charge < -0.3 is 15.5 Å². The zero-order valence-electron chi connectivity index (χ0n) is 11.0. The predicted octanol–water partition coefficient (Wildman–Crippen LogP) is 0.727. The highest BCUT2D eigenvalue weighted by Gasteiger charge is 2.26. The van der Waals surface area contributed by atoms with E-state index < -0.39 is 0 Å². The summed E-state index contributed by atoms with van der Waals surface area (Å²) in [7, 11) is 2.14. The van der Waals surface area contributed by atoms with Gasteiger partial charge in [-0.3, -0.25) is 4.79 Å². The second kappa shape index (κ2) is 5.83. The van der Waals surface area contributed by atoms with Crippen molar-refractivity contribution in [3.63, 3.8) is 0 Å². The van der Waals surface area contributed by atoms with Gasteiger partial charge in [-0.15, -0.1) is 0 Å². The summed E-state index contributed by atoms with van der Waals surface area (Å²) in [5.74, 6) is 0.214. The number of piperidine rings is 2. The van der Waals surface area contributed by atoms with Crippen molar-refractivity contribution in [2.45, 2.75) is 57.2 Å². The third-order valence-electron chi connectivity index (χ3n) is 4.00. The molecule has 0 spiro atoms. The standard InChI is InChI=1S/C13H25N3O/c1-10-4-3-5-12(14-10)13(17)15-11-6-8-16(2)9-7-11/h10-12,14H,3-9H2,1-2H3,(H,15,17). The third kappa shape index (κ3) is 3.68. The van der Waals surface area contributed by atoms with E-state index in [0.29, 0.717) is 12.1 Å². The molecule has 0 aromatic heterocycles. The van der Waals surface area contributed by atoms with E-state index in [-0.39, 0.29) is 11.9 Å². The molecule has 2 fully saturated rings. The van der Waals surface area contributed by atoms with Crippen LogP contribution in [0.5, 0.6) is 0 Å². The van der Waals surface area contributed by atoms with E-state index >= 15 is 0 Å². The molecule has 0 aliphatic carbocycles. The number of likely N-dealkylation sites (tertiary alicyclic amines) is 1. The van der Waals surface area contributed by atoms with Crippen molar-refractivity contribution in [2.75, 3.05) is 20.1 Å². The highest BCUT2D eigenvalue weighted by Crippen LogP contribution is 2.14. The predicted molar refractivity (Wildman–Crippen MR) is 68.9 cm³/mol. The number of hydrogen-bond donors (Lipinski definition) is 2. The van der Waals surface area contributed by atoms with Gasteiger partial charge in [-0.2, -0.15) is 0 Å². The van der Waals surface area contributed by atoms with E-state index in [1.807, 2.05) is 0 Å². The second-order valence-corrected chi connectivity index (χ2v) is 5.64. The molecular weight excluding hydrogens is 214 g/mol. The Morgan fingerprint density at radius 2 is 1.94 bits per heavy atom. The summed E-state index contributed by atoms with van der Waals surface area (Å²) >= 11 is 0. The lowest BCUT2D eigenvalue weighted by Gasteiger charge is -2.32. The first kappa shape index (κ1) is 12.8. The van der Waals surface area contributed by atoms with Gasteiger partial charge in [-0.1, -0.05) is 0 Å². The highest BCUT2D eigenvalue weighted by atomic mass is 16.2. The van der Waals surface area contributed by atoms with Crippen molar-refractivity contribution in [3.8, 4) is 0 Å². The molecule has 1 amide bonds. The normalized spacial score (nSPS) is 32.4. The van der Waals surface area contributed by atoms with Gasteiger partial charge in [0.05, 0.1) is 6.04 Å². The van der Waals surface area contributed by atoms with Crippen LogP contribution < -0.4 is 10.6 Å². The van der Waals surface area contributed by atoms with Crippen LogP contribution in [0.15, 0.2) is 0 Å². The molecule has 2 saturated heterocycles. The minimum absolute atomic E-state index is 0.0402. The number of carbonyl (C=O) groups is 1. The smallest absolute Gasteiger partial charge is 0.237 e. The topological polar surface area (TPSA) is 44.4 Å². The summed E-state index contributed by atoms with van der Waals surface area (Å²) in [6.45, 7) is 4.36. The van der Waals surface area contributed by atoms with Gasteiger partial charge in [0.1, 0.15) is 0 Å². The van der Waals surface area contributed by atoms with Crippen molar-refractivity contribution >= 4 is 5.91 Å². The van der Waals surface area contributed by atoms with Gasteiger partial charge in [0.2, 0.25) is 5.91 Å². The summed E-state index contributed by atoms with van der Waals surface area (Å²) in [6, 6.07) is 0.910. The molecule has 4 nitrogen and oxygen atoms in total. The quantitative estimate of drug-likeness (QED) is 0.746. The van der Waals surface area contributed by atoms with Crippen LogP contribution in [0.3, 0.4) is 0 Å². The largest absolute Gasteiger partial charge is 0.352 e. The van der Waals surface area contributed by atoms with Crippen molar-refractivity contribution in [1.29, 1.82) is 0 Å². The zero-order chi connectivity index (χ0) is 12.3. The first-order valence-corrected chi connectivity index (χ1v) is 6.90. The zero-order valence-corrected chi connectivity index (χ0v) is 11.0. The fourth-order valence-corrected chi connectivity index (χ4v) is 2.80. The highest BCUT2D eigenvalue weighted by molar-refractivity contribution is 5.82. The van der Waals surface area contributed by atoms with E-state index in [0.717, 1.165) is 32.4 Å². The van der Waals surface area contributed by atoms with Gasteiger partial charge in [-0.05, 0) is 59.2 Å². The van der Waals surface area contributed by atoms with Gasteiger partial charge in [0.25, 0.3) is 0 Å². The number of rotatable bonds is 2. The molecule has 0 aromatic rings.